The van der Waals surface area contributed by atoms with Crippen LogP contribution in [0, 0.1) is 73.0 Å². The molecule has 4 aromatic carbocycles. The number of halogens is 1. The van der Waals surface area contributed by atoms with Crippen LogP contribution in [0.2, 0.25) is 5.15 Å². The van der Waals surface area contributed by atoms with Gasteiger partial charge in [0.05, 0.1) is 48.1 Å². The smallest absolute Gasteiger partial charge is 0.228 e. The molecule has 8 rings (SSSR count). The summed E-state index contributed by atoms with van der Waals surface area (Å²) >= 11 is 6.11. The van der Waals surface area contributed by atoms with Crippen molar-refractivity contribution in [1.29, 1.82) is 21.0 Å². The van der Waals surface area contributed by atoms with Gasteiger partial charge in [0.2, 0.25) is 11.9 Å². The molecule has 65 heavy (non-hydrogen) atoms. The minimum absolute atomic E-state index is 0.189. The largest absolute Gasteiger partial charge is 0.383 e. The zero-order chi connectivity index (χ0) is 46.6. The van der Waals surface area contributed by atoms with Crippen LogP contribution in [0.25, 0.3) is 56.0 Å². The first kappa shape index (κ1) is 45.3. The fourth-order valence-corrected chi connectivity index (χ4v) is 7.54. The molecule has 0 spiro atoms. The average molecular weight is 871 g/mol. The number of hydrogen-bond donors (Lipinski definition) is 4. The molecule has 0 saturated carbocycles. The van der Waals surface area contributed by atoms with Crippen LogP contribution in [0.1, 0.15) is 44.5 Å². The highest BCUT2D eigenvalue weighted by atomic mass is 35.5. The molecule has 15 heteroatoms. The van der Waals surface area contributed by atoms with Gasteiger partial charge in [0.25, 0.3) is 0 Å². The molecule has 4 heterocycles. The van der Waals surface area contributed by atoms with Gasteiger partial charge in [0.15, 0.2) is 0 Å². The van der Waals surface area contributed by atoms with Crippen LogP contribution in [0.5, 0.6) is 0 Å². The highest BCUT2D eigenvalue weighted by Crippen LogP contribution is 2.38. The van der Waals surface area contributed by atoms with Crippen LogP contribution in [-0.4, -0.2) is 29.9 Å². The van der Waals surface area contributed by atoms with Crippen LogP contribution in [0.3, 0.4) is 0 Å². The average Bonchev–Trinajstić information content (AvgIpc) is 3.28. The number of hydrogen-bond acceptors (Lipinski definition) is 14. The molecule has 0 saturated heterocycles. The number of anilines is 5. The fraction of sp³-hybridized carbons (Fsp3) is 0.0800. The predicted molar refractivity (Wildman–Crippen MR) is 258 cm³/mol. The van der Waals surface area contributed by atoms with Crippen LogP contribution in [0.15, 0.2) is 110 Å². The van der Waals surface area contributed by atoms with E-state index in [1.54, 1.807) is 6.08 Å². The summed E-state index contributed by atoms with van der Waals surface area (Å²) in [5, 5.41) is 41.8. The number of allylic oxidation sites excluding steroid dienone is 2. The first-order valence-corrected chi connectivity index (χ1v) is 20.1. The minimum Gasteiger partial charge on any atom is -0.383 e. The molecule has 316 valence electrons. The maximum Gasteiger partial charge on any atom is 0.228 e. The second-order valence-electron chi connectivity index (χ2n) is 14.5. The number of rotatable bonds is 6. The van der Waals surface area contributed by atoms with Crippen molar-refractivity contribution in [2.45, 2.75) is 27.7 Å². The van der Waals surface area contributed by atoms with E-state index in [1.807, 2.05) is 66.8 Å². The lowest BCUT2D eigenvalue weighted by atomic mass is 9.90. The minimum atomic E-state index is 0.189. The number of nitrogens with two attached hydrogens (primary N) is 3. The maximum atomic E-state index is 8.92. The monoisotopic (exact) mass is 870 g/mol. The van der Waals surface area contributed by atoms with Crippen molar-refractivity contribution in [2.24, 2.45) is 0 Å². The van der Waals surface area contributed by atoms with Gasteiger partial charge < -0.3 is 22.5 Å². The molecular formula is C50H39ClN14. The number of fused-ring (bicyclic) bond motifs is 2. The normalized spacial score (nSPS) is 10.5. The molecule has 0 aliphatic rings. The SMILES string of the molecule is Cc1cc(/C=C/C#N)cc(C)c1-c1cccc2c(N)nc(Cl)cc12.Cc1cc(/C=C/C#N)cc(C)c1-c1cccc2c(N)nc(Nc3ncc(C#N)cn3)cc12.N#Cc1cnc(N)nc1. The molecule has 4 aromatic heterocycles. The van der Waals surface area contributed by atoms with E-state index in [2.05, 4.69) is 99.3 Å². The van der Waals surface area contributed by atoms with E-state index in [0.29, 0.717) is 39.7 Å². The van der Waals surface area contributed by atoms with Crippen molar-refractivity contribution < 1.29 is 0 Å². The summed E-state index contributed by atoms with van der Waals surface area (Å²) in [6.07, 6.45) is 12.2. The molecule has 8 aromatic rings. The molecule has 0 aliphatic heterocycles. The number of aromatic nitrogens is 6. The van der Waals surface area contributed by atoms with Gasteiger partial charge >= 0.3 is 0 Å². The van der Waals surface area contributed by atoms with Gasteiger partial charge in [-0.2, -0.15) is 21.0 Å². The third-order valence-corrected chi connectivity index (χ3v) is 10.1. The van der Waals surface area contributed by atoms with Crippen molar-refractivity contribution in [3.05, 3.63) is 159 Å². The number of nitrogens with zero attached hydrogens (tertiary/aromatic N) is 10. The molecule has 0 atom stereocenters. The lowest BCUT2D eigenvalue weighted by Crippen LogP contribution is -2.02. The van der Waals surface area contributed by atoms with Gasteiger partial charge in [0.1, 0.15) is 34.7 Å². The van der Waals surface area contributed by atoms with Crippen LogP contribution < -0.4 is 22.5 Å². The summed E-state index contributed by atoms with van der Waals surface area (Å²) in [4.78, 5) is 24.1. The van der Waals surface area contributed by atoms with E-state index in [9.17, 15) is 0 Å². The quantitative estimate of drug-likeness (QED) is 0.0895. The first-order chi connectivity index (χ1) is 31.3. The lowest BCUT2D eigenvalue weighted by Gasteiger charge is -2.16. The van der Waals surface area contributed by atoms with E-state index in [4.69, 9.17) is 49.8 Å². The Balaban J connectivity index is 0.000000186. The van der Waals surface area contributed by atoms with E-state index in [1.165, 1.54) is 36.9 Å². The van der Waals surface area contributed by atoms with Crippen molar-refractivity contribution in [1.82, 2.24) is 29.9 Å². The maximum absolute atomic E-state index is 8.92. The summed E-state index contributed by atoms with van der Waals surface area (Å²) < 4.78 is 0. The Morgan fingerprint density at radius 1 is 0.554 bits per heavy atom. The van der Waals surface area contributed by atoms with Crippen LogP contribution in [-0.2, 0) is 0 Å². The lowest BCUT2D eigenvalue weighted by molar-refractivity contribution is 1.14. The van der Waals surface area contributed by atoms with Crippen molar-refractivity contribution in [2.75, 3.05) is 22.5 Å². The number of aryl methyl sites for hydroxylation is 4. The molecule has 0 radical (unpaired) electrons. The van der Waals surface area contributed by atoms with E-state index in [-0.39, 0.29) is 5.95 Å². The molecule has 14 nitrogen and oxygen atoms in total. The Morgan fingerprint density at radius 3 is 1.43 bits per heavy atom. The Bertz CT molecular complexity index is 3270. The number of nitrogens with one attached hydrogen (secondary N) is 1. The zero-order valence-electron chi connectivity index (χ0n) is 35.6. The van der Waals surface area contributed by atoms with Crippen molar-refractivity contribution in [3.63, 3.8) is 0 Å². The summed E-state index contributed by atoms with van der Waals surface area (Å²) in [5.41, 5.74) is 29.1. The highest BCUT2D eigenvalue weighted by Gasteiger charge is 2.15. The number of nitrogen functional groups attached to an aromatic ring is 3. The first-order valence-electron chi connectivity index (χ1n) is 19.7. The van der Waals surface area contributed by atoms with Gasteiger partial charge in [0, 0.05) is 22.9 Å². The summed E-state index contributed by atoms with van der Waals surface area (Å²) in [7, 11) is 0. The standard InChI is InChI=1S/C25H19N7.C20H16ClN3.C5H4N4/c1-15-9-17(5-4-8-26)10-16(2)23(15)19-6-3-7-20-21(19)11-22(31-24(20)28)32-25-29-13-18(12-27)14-30-25;1-12-9-14(5-4-8-22)10-13(2)19(12)15-6-3-7-16-17(15)11-18(21)24-20(16)23;6-1-4-2-8-5(7)9-3-4/h3-7,9-11,13-14H,1-2H3,(H3,28,29,30,31,32);3-7,9-11H,1-2H3,(H2,23,24);2-3H,(H2,7,8,9)/b2*5-4+;. The second-order valence-corrected chi connectivity index (χ2v) is 14.9. The van der Waals surface area contributed by atoms with Crippen molar-refractivity contribution >= 4 is 74.6 Å². The molecule has 0 fully saturated rings. The Kier molecular flexibility index (Phi) is 14.3. The summed E-state index contributed by atoms with van der Waals surface area (Å²) in [6, 6.07) is 31.9. The van der Waals surface area contributed by atoms with Gasteiger partial charge in [-0.1, -0.05) is 72.3 Å². The number of pyridine rings is 2. The molecule has 0 amide bonds. The van der Waals surface area contributed by atoms with Gasteiger partial charge in [-0.25, -0.2) is 29.9 Å². The Hall–Kier alpha value is -9.21. The fourth-order valence-electron chi connectivity index (χ4n) is 7.34. The summed E-state index contributed by atoms with van der Waals surface area (Å²) in [5.74, 6) is 1.85. The van der Waals surface area contributed by atoms with Gasteiger partial charge in [-0.05, 0) is 118 Å². The molecule has 0 aliphatic carbocycles. The van der Waals surface area contributed by atoms with Crippen LogP contribution in [0.4, 0.5) is 29.4 Å². The highest BCUT2D eigenvalue weighted by molar-refractivity contribution is 6.30. The summed E-state index contributed by atoms with van der Waals surface area (Å²) in [6.45, 7) is 8.24. The van der Waals surface area contributed by atoms with E-state index >= 15 is 0 Å². The predicted octanol–water partition coefficient (Wildman–Crippen LogP) is 10.3. The third kappa shape index (κ3) is 10.8. The van der Waals surface area contributed by atoms with E-state index < -0.39 is 0 Å². The van der Waals surface area contributed by atoms with Crippen molar-refractivity contribution in [3.8, 4) is 46.5 Å². The zero-order valence-corrected chi connectivity index (χ0v) is 36.4. The van der Waals surface area contributed by atoms with Gasteiger partial charge in [-0.15, -0.1) is 0 Å². The Labute approximate surface area is 380 Å². The topological polar surface area (TPSA) is 263 Å². The molecule has 0 unspecified atom stereocenters. The third-order valence-electron chi connectivity index (χ3n) is 9.95. The number of benzene rings is 4. The van der Waals surface area contributed by atoms with Crippen LogP contribution >= 0.6 is 11.6 Å². The molecule has 0 bridgehead atoms. The Morgan fingerprint density at radius 2 is 0.985 bits per heavy atom. The number of nitriles is 4. The van der Waals surface area contributed by atoms with E-state index in [0.717, 1.165) is 77.2 Å². The molecule has 7 N–H and O–H groups in total. The molecular weight excluding hydrogens is 832 g/mol. The second kappa shape index (κ2) is 20.6. The van der Waals surface area contributed by atoms with Gasteiger partial charge in [-0.3, -0.25) is 0 Å².